The highest BCUT2D eigenvalue weighted by atomic mass is 35.5. The molecule has 1 spiro atoms. The van der Waals surface area contributed by atoms with Crippen molar-refractivity contribution < 1.29 is 19.5 Å². The van der Waals surface area contributed by atoms with Gasteiger partial charge in [-0.1, -0.05) is 36.7 Å². The first kappa shape index (κ1) is 19.5. The fourth-order valence-electron chi connectivity index (χ4n) is 2.55. The molecule has 1 saturated heterocycles. The Hall–Kier alpha value is -0.790. The number of oxime groups is 1. The Labute approximate surface area is 155 Å². The van der Waals surface area contributed by atoms with Gasteiger partial charge < -0.3 is 14.7 Å². The van der Waals surface area contributed by atoms with Gasteiger partial charge in [0.15, 0.2) is 6.61 Å². The van der Waals surface area contributed by atoms with Crippen molar-refractivity contribution in [2.45, 2.75) is 31.8 Å². The number of hydrogen-bond donors (Lipinski definition) is 1. The molecule has 0 atom stereocenters. The largest absolute Gasteiger partial charge is 0.511 e. The van der Waals surface area contributed by atoms with E-state index in [9.17, 15) is 9.90 Å². The number of halogens is 1. The summed E-state index contributed by atoms with van der Waals surface area (Å²) in [5.74, 6) is 2.97. The molecule has 24 heavy (non-hydrogen) atoms. The van der Waals surface area contributed by atoms with Crippen LogP contribution in [0.5, 0.6) is 0 Å². The highest BCUT2D eigenvalue weighted by molar-refractivity contribution is 8.03. The van der Waals surface area contributed by atoms with E-state index < -0.39 is 11.6 Å². The van der Waals surface area contributed by atoms with Gasteiger partial charge in [-0.2, -0.15) is 23.5 Å². The number of carbonyl (C=O) groups is 1. The molecule has 1 fully saturated rings. The number of thioether (sulfide) groups is 2. The van der Waals surface area contributed by atoms with Crippen LogP contribution in [0.4, 0.5) is 0 Å². The standard InChI is InChI=1S/C16H22ClNO4S2/c1-3-4-12(18-21-8-11(2)17)14-13(19)7-16(22-15(14)20)9-23-5-6-24-10-16/h19H,2-10H2,1H3. The minimum absolute atomic E-state index is 0.0369. The zero-order chi connectivity index (χ0) is 17.6. The van der Waals surface area contributed by atoms with Crippen molar-refractivity contribution in [1.29, 1.82) is 0 Å². The van der Waals surface area contributed by atoms with Crippen LogP contribution in [0.1, 0.15) is 26.2 Å². The minimum Gasteiger partial charge on any atom is -0.511 e. The molecule has 0 aromatic carbocycles. The molecule has 8 heteroatoms. The Kier molecular flexibility index (Phi) is 7.37. The van der Waals surface area contributed by atoms with E-state index in [0.717, 1.165) is 17.9 Å². The predicted octanol–water partition coefficient (Wildman–Crippen LogP) is 3.89. The Morgan fingerprint density at radius 3 is 2.67 bits per heavy atom. The average Bonchev–Trinajstić information content (AvgIpc) is 2.71. The summed E-state index contributed by atoms with van der Waals surface area (Å²) >= 11 is 9.15. The monoisotopic (exact) mass is 391 g/mol. The van der Waals surface area contributed by atoms with E-state index in [2.05, 4.69) is 11.7 Å². The molecule has 0 unspecified atom stereocenters. The van der Waals surface area contributed by atoms with E-state index in [-0.39, 0.29) is 17.9 Å². The molecule has 5 nitrogen and oxygen atoms in total. The molecule has 0 saturated carbocycles. The third-order valence-electron chi connectivity index (χ3n) is 3.57. The summed E-state index contributed by atoms with van der Waals surface area (Å²) < 4.78 is 5.75. The van der Waals surface area contributed by atoms with Crippen LogP contribution >= 0.6 is 35.1 Å². The number of hydrogen-bond acceptors (Lipinski definition) is 7. The van der Waals surface area contributed by atoms with Gasteiger partial charge in [0.05, 0.1) is 10.7 Å². The van der Waals surface area contributed by atoms with Crippen LogP contribution in [0.3, 0.4) is 0 Å². The van der Waals surface area contributed by atoms with E-state index in [1.165, 1.54) is 0 Å². The molecule has 2 aliphatic heterocycles. The van der Waals surface area contributed by atoms with Gasteiger partial charge in [0.25, 0.3) is 0 Å². The van der Waals surface area contributed by atoms with Gasteiger partial charge in [0.1, 0.15) is 16.9 Å². The van der Waals surface area contributed by atoms with E-state index >= 15 is 0 Å². The summed E-state index contributed by atoms with van der Waals surface area (Å²) in [6.45, 7) is 5.53. The second kappa shape index (κ2) is 9.06. The number of nitrogens with zero attached hydrogens (tertiary/aromatic N) is 1. The van der Waals surface area contributed by atoms with Crippen LogP contribution in [0.25, 0.3) is 0 Å². The number of rotatable bonds is 6. The van der Waals surface area contributed by atoms with Crippen molar-refractivity contribution >= 4 is 46.8 Å². The van der Waals surface area contributed by atoms with E-state index in [0.29, 0.717) is 35.1 Å². The Bertz CT molecular complexity index is 554. The van der Waals surface area contributed by atoms with Gasteiger partial charge in [-0.3, -0.25) is 0 Å². The van der Waals surface area contributed by atoms with Crippen molar-refractivity contribution in [1.82, 2.24) is 0 Å². The number of esters is 1. The Morgan fingerprint density at radius 2 is 2.12 bits per heavy atom. The molecule has 0 bridgehead atoms. The predicted molar refractivity (Wildman–Crippen MR) is 101 cm³/mol. The van der Waals surface area contributed by atoms with Gasteiger partial charge in [0.2, 0.25) is 0 Å². The van der Waals surface area contributed by atoms with Crippen LogP contribution < -0.4 is 0 Å². The average molecular weight is 392 g/mol. The first-order valence-electron chi connectivity index (χ1n) is 7.81. The minimum atomic E-state index is -0.626. The quantitative estimate of drug-likeness (QED) is 0.421. The second-order valence-electron chi connectivity index (χ2n) is 5.75. The Morgan fingerprint density at radius 1 is 1.46 bits per heavy atom. The van der Waals surface area contributed by atoms with Crippen molar-refractivity contribution in [2.75, 3.05) is 29.6 Å². The molecule has 0 radical (unpaired) electrons. The maximum absolute atomic E-state index is 12.6. The van der Waals surface area contributed by atoms with Crippen LogP contribution in [0, 0.1) is 0 Å². The van der Waals surface area contributed by atoms with Crippen molar-refractivity contribution in [3.8, 4) is 0 Å². The first-order valence-corrected chi connectivity index (χ1v) is 10.5. The molecule has 2 rings (SSSR count). The molecule has 0 aliphatic carbocycles. The maximum Gasteiger partial charge on any atom is 0.344 e. The zero-order valence-corrected chi connectivity index (χ0v) is 16.1. The fraction of sp³-hybridized carbons (Fsp3) is 0.625. The lowest BCUT2D eigenvalue weighted by atomic mass is 9.93. The summed E-state index contributed by atoms with van der Waals surface area (Å²) in [7, 11) is 0. The van der Waals surface area contributed by atoms with Gasteiger partial charge in [0, 0.05) is 29.4 Å². The van der Waals surface area contributed by atoms with Crippen molar-refractivity contribution in [2.24, 2.45) is 5.16 Å². The molecule has 0 amide bonds. The molecule has 2 aliphatic rings. The lowest BCUT2D eigenvalue weighted by Gasteiger charge is -2.35. The van der Waals surface area contributed by atoms with E-state index in [4.69, 9.17) is 21.2 Å². The smallest absolute Gasteiger partial charge is 0.344 e. The van der Waals surface area contributed by atoms with E-state index in [1.54, 1.807) is 23.5 Å². The molecule has 134 valence electrons. The lowest BCUT2D eigenvalue weighted by molar-refractivity contribution is -0.152. The molecule has 1 N–H and O–H groups in total. The summed E-state index contributed by atoms with van der Waals surface area (Å²) in [6, 6.07) is 0. The molecule has 0 aromatic heterocycles. The van der Waals surface area contributed by atoms with Crippen LogP contribution in [0.15, 0.2) is 28.1 Å². The number of carbonyl (C=O) groups excluding carboxylic acids is 1. The summed E-state index contributed by atoms with van der Waals surface area (Å²) in [5.41, 5.74) is -0.109. The molecular weight excluding hydrogens is 370 g/mol. The fourth-order valence-corrected chi connectivity index (χ4v) is 5.23. The third kappa shape index (κ3) is 5.10. The van der Waals surface area contributed by atoms with Gasteiger partial charge in [-0.05, 0) is 6.42 Å². The molecule has 0 aromatic rings. The van der Waals surface area contributed by atoms with Crippen molar-refractivity contribution in [3.63, 3.8) is 0 Å². The first-order chi connectivity index (χ1) is 11.5. The van der Waals surface area contributed by atoms with Gasteiger partial charge in [-0.15, -0.1) is 0 Å². The van der Waals surface area contributed by atoms with Gasteiger partial charge >= 0.3 is 5.97 Å². The second-order valence-corrected chi connectivity index (χ2v) is 8.50. The maximum atomic E-state index is 12.6. The highest BCUT2D eigenvalue weighted by Gasteiger charge is 2.43. The topological polar surface area (TPSA) is 68.1 Å². The van der Waals surface area contributed by atoms with Gasteiger partial charge in [-0.25, -0.2) is 4.79 Å². The SMILES string of the molecule is C=C(Cl)CON=C(CCC)C1=C(O)CC2(CSCCSC2)OC1=O. The molecule has 2 heterocycles. The summed E-state index contributed by atoms with van der Waals surface area (Å²) in [4.78, 5) is 17.7. The number of aliphatic hydroxyl groups excluding tert-OH is 1. The normalized spacial score (nSPS) is 21.4. The summed E-state index contributed by atoms with van der Waals surface area (Å²) in [5, 5.41) is 14.8. The Balaban J connectivity index is 2.22. The third-order valence-corrected chi connectivity index (χ3v) is 6.38. The van der Waals surface area contributed by atoms with Crippen LogP contribution in [0.2, 0.25) is 0 Å². The number of aliphatic hydroxyl groups is 1. The zero-order valence-electron chi connectivity index (χ0n) is 13.7. The summed E-state index contributed by atoms with van der Waals surface area (Å²) in [6.07, 6.45) is 1.57. The molecular formula is C16H22ClNO4S2. The highest BCUT2D eigenvalue weighted by Crippen LogP contribution is 2.37. The van der Waals surface area contributed by atoms with Crippen molar-refractivity contribution in [3.05, 3.63) is 22.9 Å². The van der Waals surface area contributed by atoms with Crippen LogP contribution in [-0.2, 0) is 14.4 Å². The van der Waals surface area contributed by atoms with Crippen LogP contribution in [-0.4, -0.2) is 52.0 Å². The van der Waals surface area contributed by atoms with E-state index in [1.807, 2.05) is 6.92 Å². The number of ether oxygens (including phenoxy) is 1. The lowest BCUT2D eigenvalue weighted by Crippen LogP contribution is -2.45.